The predicted molar refractivity (Wildman–Crippen MR) is 116 cm³/mol. The molecular weight excluding hydrogens is 422 g/mol. The molecule has 0 heterocycles. The first kappa shape index (κ1) is 21.9. The van der Waals surface area contributed by atoms with Crippen LogP contribution in [0.3, 0.4) is 0 Å². The zero-order valence-corrected chi connectivity index (χ0v) is 18.6. The number of rotatable bonds is 4. The van der Waals surface area contributed by atoms with E-state index in [1.165, 1.54) is 31.2 Å². The van der Waals surface area contributed by atoms with Crippen molar-refractivity contribution in [1.82, 2.24) is 0 Å². The van der Waals surface area contributed by atoms with Gasteiger partial charge in [0.25, 0.3) is 10.0 Å². The highest BCUT2D eigenvalue weighted by molar-refractivity contribution is 7.96. The molecule has 0 bridgehead atoms. The Balaban J connectivity index is 2.16. The first-order chi connectivity index (χ1) is 13.9. The van der Waals surface area contributed by atoms with Crippen LogP contribution >= 0.6 is 0 Å². The number of hydrogen-bond donors (Lipinski definition) is 0. The van der Waals surface area contributed by atoms with Crippen molar-refractivity contribution in [2.75, 3.05) is 0 Å². The predicted octanol–water partition coefficient (Wildman–Crippen LogP) is 3.71. The highest BCUT2D eigenvalue weighted by atomic mass is 32.2. The Bertz CT molecular complexity index is 1330. The molecule has 0 saturated carbocycles. The van der Waals surface area contributed by atoms with Crippen LogP contribution in [0.5, 0.6) is 0 Å². The summed E-state index contributed by atoms with van der Waals surface area (Å²) in [5, 5.41) is 0. The lowest BCUT2D eigenvalue weighted by Gasteiger charge is -2.17. The number of sulfone groups is 1. The largest absolute Gasteiger partial charge is 0.288 e. The van der Waals surface area contributed by atoms with E-state index in [0.717, 1.165) is 17.2 Å². The monoisotopic (exact) mass is 443 g/mol. The number of aryl methyl sites for hydroxylation is 2. The Morgan fingerprint density at radius 3 is 1.63 bits per heavy atom. The molecule has 156 valence electrons. The van der Waals surface area contributed by atoms with E-state index in [2.05, 4.69) is 4.40 Å². The van der Waals surface area contributed by atoms with E-state index in [9.17, 15) is 21.6 Å². The lowest BCUT2D eigenvalue weighted by atomic mass is 9.97. The topological polar surface area (TPSA) is 97.7 Å². The standard InChI is InChI=1S/C22H21NO5S2/c1-14-5-9-18(10-6-14)29(25,26)21-13-20(16(3)17(4)22(21)24)23-30(27,28)19-11-7-15(2)8-12-19/h5-13H,1-4H3/b23-20-. The number of Topliss-reactive ketones (excluding diaryl/α,β-unsaturated/α-hetero) is 1. The molecule has 8 heteroatoms. The smallest absolute Gasteiger partial charge is 0.282 e. The van der Waals surface area contributed by atoms with E-state index < -0.39 is 30.5 Å². The molecule has 30 heavy (non-hydrogen) atoms. The van der Waals surface area contributed by atoms with Crippen molar-refractivity contribution in [3.8, 4) is 0 Å². The van der Waals surface area contributed by atoms with E-state index in [1.54, 1.807) is 31.2 Å². The van der Waals surface area contributed by atoms with Crippen LogP contribution in [0.4, 0.5) is 0 Å². The van der Waals surface area contributed by atoms with Gasteiger partial charge in [0, 0.05) is 5.57 Å². The van der Waals surface area contributed by atoms with Crippen LogP contribution in [0.1, 0.15) is 25.0 Å². The van der Waals surface area contributed by atoms with Crippen LogP contribution in [0.15, 0.2) is 84.8 Å². The fourth-order valence-corrected chi connectivity index (χ4v) is 5.32. The van der Waals surface area contributed by atoms with Gasteiger partial charge in [0.15, 0.2) is 0 Å². The number of ketones is 1. The first-order valence-corrected chi connectivity index (χ1v) is 12.0. The molecular formula is C22H21NO5S2. The summed E-state index contributed by atoms with van der Waals surface area (Å²) in [5.41, 5.74) is 2.15. The quantitative estimate of drug-likeness (QED) is 0.671. The second-order valence-electron chi connectivity index (χ2n) is 7.17. The Labute approximate surface area is 176 Å². The zero-order valence-electron chi connectivity index (χ0n) is 17.0. The molecule has 0 aliphatic heterocycles. The van der Waals surface area contributed by atoms with Crippen molar-refractivity contribution in [1.29, 1.82) is 0 Å². The van der Waals surface area contributed by atoms with Gasteiger partial charge >= 0.3 is 0 Å². The second-order valence-corrected chi connectivity index (χ2v) is 10.7. The summed E-state index contributed by atoms with van der Waals surface area (Å²) in [4.78, 5) is 12.2. The Morgan fingerprint density at radius 2 is 1.13 bits per heavy atom. The number of sulfonamides is 1. The molecule has 2 aromatic carbocycles. The van der Waals surface area contributed by atoms with Gasteiger partial charge in [-0.2, -0.15) is 12.8 Å². The van der Waals surface area contributed by atoms with Crippen molar-refractivity contribution in [3.63, 3.8) is 0 Å². The average Bonchev–Trinajstić information content (AvgIpc) is 2.69. The summed E-state index contributed by atoms with van der Waals surface area (Å²) >= 11 is 0. The number of carbonyl (C=O) groups excluding carboxylic acids is 1. The van der Waals surface area contributed by atoms with Crippen LogP contribution in [0.2, 0.25) is 0 Å². The van der Waals surface area contributed by atoms with Crippen LogP contribution in [-0.4, -0.2) is 28.3 Å². The summed E-state index contributed by atoms with van der Waals surface area (Å²) in [7, 11) is -8.23. The van der Waals surface area contributed by atoms with E-state index in [0.29, 0.717) is 5.57 Å². The summed E-state index contributed by atoms with van der Waals surface area (Å²) < 4.78 is 55.4. The molecule has 2 aromatic rings. The van der Waals surface area contributed by atoms with Crippen molar-refractivity contribution in [3.05, 3.63) is 81.8 Å². The maximum Gasteiger partial charge on any atom is 0.282 e. The van der Waals surface area contributed by atoms with Crippen molar-refractivity contribution >= 4 is 31.4 Å². The maximum atomic E-state index is 13.1. The lowest BCUT2D eigenvalue weighted by molar-refractivity contribution is -0.111. The molecule has 6 nitrogen and oxygen atoms in total. The molecule has 0 amide bonds. The number of hydrogen-bond acceptors (Lipinski definition) is 5. The molecule has 1 aliphatic carbocycles. The minimum atomic E-state index is -4.14. The summed E-state index contributed by atoms with van der Waals surface area (Å²) in [6.07, 6.45) is 1.05. The molecule has 0 N–H and O–H groups in total. The second kappa shape index (κ2) is 7.77. The third-order valence-corrected chi connectivity index (χ3v) is 8.02. The number of carbonyl (C=O) groups is 1. The molecule has 1 aliphatic rings. The maximum absolute atomic E-state index is 13.1. The lowest BCUT2D eigenvalue weighted by Crippen LogP contribution is -2.23. The fourth-order valence-electron chi connectivity index (χ4n) is 2.88. The molecule has 0 unspecified atom stereocenters. The first-order valence-electron chi connectivity index (χ1n) is 9.11. The van der Waals surface area contributed by atoms with Crippen molar-refractivity contribution < 1.29 is 21.6 Å². The Hall–Kier alpha value is -2.84. The van der Waals surface area contributed by atoms with Gasteiger partial charge in [0.2, 0.25) is 15.6 Å². The third-order valence-electron chi connectivity index (χ3n) is 4.94. The number of allylic oxidation sites excluding steroid dienone is 4. The van der Waals surface area contributed by atoms with Gasteiger partial charge in [0.05, 0.1) is 15.5 Å². The normalized spacial score (nSPS) is 16.7. The van der Waals surface area contributed by atoms with Crippen molar-refractivity contribution in [2.45, 2.75) is 37.5 Å². The summed E-state index contributed by atoms with van der Waals surface area (Å²) in [5.74, 6) is -0.667. The summed E-state index contributed by atoms with van der Waals surface area (Å²) in [6, 6.07) is 12.3. The average molecular weight is 444 g/mol. The molecule has 0 atom stereocenters. The van der Waals surface area contributed by atoms with E-state index in [1.807, 2.05) is 13.8 Å². The fraction of sp³-hybridized carbons (Fsp3) is 0.182. The van der Waals surface area contributed by atoms with Gasteiger partial charge in [0.1, 0.15) is 4.91 Å². The minimum Gasteiger partial charge on any atom is -0.288 e. The third kappa shape index (κ3) is 4.06. The van der Waals surface area contributed by atoms with Gasteiger partial charge in [-0.1, -0.05) is 35.4 Å². The zero-order chi connectivity index (χ0) is 22.3. The molecule has 0 saturated heterocycles. The van der Waals surface area contributed by atoms with Gasteiger partial charge in [-0.05, 0) is 63.6 Å². The molecule has 0 radical (unpaired) electrons. The molecule has 0 fully saturated rings. The molecule has 0 aromatic heterocycles. The van der Waals surface area contributed by atoms with Crippen LogP contribution in [0.25, 0.3) is 0 Å². The minimum absolute atomic E-state index is 0.0145. The SMILES string of the molecule is CC1=C(C)/C(=N\S(=O)(=O)c2ccc(C)cc2)C=C(S(=O)(=O)c2ccc(C)cc2)C1=O. The highest BCUT2D eigenvalue weighted by Crippen LogP contribution is 2.29. The van der Waals surface area contributed by atoms with Crippen molar-refractivity contribution in [2.24, 2.45) is 4.40 Å². The molecule has 0 spiro atoms. The van der Waals surface area contributed by atoms with Gasteiger partial charge in [-0.25, -0.2) is 8.42 Å². The summed E-state index contributed by atoms with van der Waals surface area (Å²) in [6.45, 7) is 6.65. The van der Waals surface area contributed by atoms with E-state index in [-0.39, 0.29) is 21.1 Å². The van der Waals surface area contributed by atoms with Crippen LogP contribution in [-0.2, 0) is 24.7 Å². The molecule has 3 rings (SSSR count). The van der Waals surface area contributed by atoms with Crippen LogP contribution < -0.4 is 0 Å². The van der Waals surface area contributed by atoms with Crippen LogP contribution in [0, 0.1) is 13.8 Å². The highest BCUT2D eigenvalue weighted by Gasteiger charge is 2.33. The Kier molecular flexibility index (Phi) is 5.66. The van der Waals surface area contributed by atoms with Gasteiger partial charge in [-0.15, -0.1) is 0 Å². The van der Waals surface area contributed by atoms with Gasteiger partial charge < -0.3 is 0 Å². The number of nitrogens with zero attached hydrogens (tertiary/aromatic N) is 1. The van der Waals surface area contributed by atoms with E-state index >= 15 is 0 Å². The Morgan fingerprint density at radius 1 is 0.667 bits per heavy atom. The van der Waals surface area contributed by atoms with Gasteiger partial charge in [-0.3, -0.25) is 4.79 Å². The van der Waals surface area contributed by atoms with E-state index in [4.69, 9.17) is 0 Å². The number of benzene rings is 2.